The minimum Gasteiger partial charge on any atom is -0.299 e. The summed E-state index contributed by atoms with van der Waals surface area (Å²) in [4.78, 5) is 12.8. The van der Waals surface area contributed by atoms with Crippen molar-refractivity contribution in [3.8, 4) is 0 Å². The average molecular weight is 364 g/mol. The minimum absolute atomic E-state index is 0.0270. The molecule has 0 amide bonds. The number of hydrogen-bond donors (Lipinski definition) is 1. The number of hydrogen-bond acceptors (Lipinski definition) is 2. The predicted octanol–water partition coefficient (Wildman–Crippen LogP) is 4.44. The standard InChI is InChI=1S/C21H33NO2S/c1-16-10-8-9-13-19(23)20(16)18(22-25(24)21(2,3)4)15-14-17-11-6-5-7-12-17/h5-7,11-12,16,18,20,22H,8-10,13-15H2,1-4H3/t16-,18+,20-,25+/m0/s1. The molecule has 0 heterocycles. The van der Waals surface area contributed by atoms with Crippen LogP contribution in [0.15, 0.2) is 30.3 Å². The van der Waals surface area contributed by atoms with Crippen molar-refractivity contribution in [3.05, 3.63) is 35.9 Å². The summed E-state index contributed by atoms with van der Waals surface area (Å²) in [6.45, 7) is 8.11. The zero-order valence-electron chi connectivity index (χ0n) is 16.1. The SMILES string of the molecule is C[C@H]1CCCCC(=O)[C@@H]1[C@@H](CCc1ccccc1)N[S@](=O)C(C)(C)C. The monoisotopic (exact) mass is 363 g/mol. The van der Waals surface area contributed by atoms with Gasteiger partial charge in [0.1, 0.15) is 5.78 Å². The second-order valence-electron chi connectivity index (χ2n) is 8.34. The number of carbonyl (C=O) groups excluding carboxylic acids is 1. The van der Waals surface area contributed by atoms with E-state index in [0.717, 1.165) is 32.1 Å². The molecule has 1 aliphatic carbocycles. The van der Waals surface area contributed by atoms with Gasteiger partial charge in [0.25, 0.3) is 0 Å². The zero-order valence-corrected chi connectivity index (χ0v) is 16.9. The summed E-state index contributed by atoms with van der Waals surface area (Å²) in [5, 5.41) is 0. The third kappa shape index (κ3) is 6.03. The Kier molecular flexibility index (Phi) is 7.38. The van der Waals surface area contributed by atoms with Crippen molar-refractivity contribution in [1.82, 2.24) is 4.72 Å². The molecule has 1 N–H and O–H groups in total. The third-order valence-electron chi connectivity index (χ3n) is 5.15. The lowest BCUT2D eigenvalue weighted by Gasteiger charge is -2.32. The molecule has 4 heteroatoms. The van der Waals surface area contributed by atoms with Crippen LogP contribution in [0, 0.1) is 11.8 Å². The molecule has 4 atom stereocenters. The van der Waals surface area contributed by atoms with Crippen molar-refractivity contribution >= 4 is 16.8 Å². The van der Waals surface area contributed by atoms with Crippen LogP contribution in [-0.4, -0.2) is 20.8 Å². The van der Waals surface area contributed by atoms with Gasteiger partial charge in [-0.2, -0.15) is 0 Å². The van der Waals surface area contributed by atoms with Gasteiger partial charge in [-0.25, -0.2) is 8.93 Å². The summed E-state index contributed by atoms with van der Waals surface area (Å²) in [5.41, 5.74) is 1.27. The van der Waals surface area contributed by atoms with E-state index in [1.807, 2.05) is 39.0 Å². The molecule has 0 bridgehead atoms. The Hall–Kier alpha value is -1.00. The highest BCUT2D eigenvalue weighted by atomic mass is 32.2. The lowest BCUT2D eigenvalue weighted by molar-refractivity contribution is -0.124. The fourth-order valence-electron chi connectivity index (χ4n) is 3.64. The molecule has 1 aromatic carbocycles. The summed E-state index contributed by atoms with van der Waals surface area (Å²) < 4.78 is 15.7. The van der Waals surface area contributed by atoms with Crippen molar-refractivity contribution in [2.24, 2.45) is 11.8 Å². The lowest BCUT2D eigenvalue weighted by Crippen LogP contribution is -2.47. The molecule has 140 valence electrons. The van der Waals surface area contributed by atoms with Gasteiger partial charge in [-0.3, -0.25) is 4.79 Å². The summed E-state index contributed by atoms with van der Waals surface area (Å²) in [7, 11) is -1.16. The smallest absolute Gasteiger partial charge is 0.137 e. The van der Waals surface area contributed by atoms with Crippen LogP contribution >= 0.6 is 0 Å². The van der Waals surface area contributed by atoms with Crippen molar-refractivity contribution < 1.29 is 9.00 Å². The summed E-state index contributed by atoms with van der Waals surface area (Å²) in [5.74, 6) is 0.666. The Bertz CT molecular complexity index is 579. The second kappa shape index (κ2) is 9.09. The molecule has 1 saturated carbocycles. The maximum absolute atomic E-state index is 12.8. The van der Waals surface area contributed by atoms with Crippen LogP contribution in [0.1, 0.15) is 65.4 Å². The van der Waals surface area contributed by atoms with Crippen LogP contribution in [0.4, 0.5) is 0 Å². The largest absolute Gasteiger partial charge is 0.299 e. The maximum Gasteiger partial charge on any atom is 0.137 e. The first kappa shape index (κ1) is 20.3. The van der Waals surface area contributed by atoms with Crippen molar-refractivity contribution in [2.45, 2.75) is 77.0 Å². The van der Waals surface area contributed by atoms with E-state index in [9.17, 15) is 9.00 Å². The fraction of sp³-hybridized carbons (Fsp3) is 0.667. The van der Waals surface area contributed by atoms with Gasteiger partial charge in [0.05, 0.1) is 15.7 Å². The molecule has 0 aliphatic heterocycles. The van der Waals surface area contributed by atoms with Gasteiger partial charge < -0.3 is 0 Å². The number of nitrogens with one attached hydrogen (secondary N) is 1. The van der Waals surface area contributed by atoms with Gasteiger partial charge in [0, 0.05) is 18.4 Å². The number of benzene rings is 1. The number of aryl methyl sites for hydroxylation is 1. The summed E-state index contributed by atoms with van der Waals surface area (Å²) in [6.07, 6.45) is 5.61. The first-order valence-corrected chi connectivity index (χ1v) is 10.7. The van der Waals surface area contributed by atoms with Gasteiger partial charge in [-0.1, -0.05) is 43.7 Å². The Balaban J connectivity index is 2.17. The minimum atomic E-state index is -1.16. The van der Waals surface area contributed by atoms with Crippen molar-refractivity contribution in [2.75, 3.05) is 0 Å². The lowest BCUT2D eigenvalue weighted by atomic mass is 9.81. The van der Waals surface area contributed by atoms with E-state index in [0.29, 0.717) is 18.1 Å². The number of ketones is 1. The first-order valence-electron chi connectivity index (χ1n) is 9.53. The van der Waals surface area contributed by atoms with Crippen LogP contribution in [0.3, 0.4) is 0 Å². The summed E-state index contributed by atoms with van der Waals surface area (Å²) >= 11 is 0. The van der Waals surface area contributed by atoms with Crippen LogP contribution < -0.4 is 4.72 Å². The zero-order chi connectivity index (χ0) is 18.4. The maximum atomic E-state index is 12.8. The molecule has 0 radical (unpaired) electrons. The molecule has 1 aliphatic rings. The Labute approximate surface area is 155 Å². The number of rotatable bonds is 6. The predicted molar refractivity (Wildman–Crippen MR) is 106 cm³/mol. The topological polar surface area (TPSA) is 46.2 Å². The van der Waals surface area contributed by atoms with E-state index in [1.165, 1.54) is 5.56 Å². The quantitative estimate of drug-likeness (QED) is 0.760. The van der Waals surface area contributed by atoms with Gasteiger partial charge in [0.15, 0.2) is 0 Å². The van der Waals surface area contributed by atoms with Gasteiger partial charge in [0.2, 0.25) is 0 Å². The van der Waals surface area contributed by atoms with Gasteiger partial charge in [-0.15, -0.1) is 0 Å². The Morgan fingerprint density at radius 1 is 1.20 bits per heavy atom. The molecular formula is C21H33NO2S. The molecular weight excluding hydrogens is 330 g/mol. The van der Waals surface area contributed by atoms with E-state index < -0.39 is 11.0 Å². The molecule has 3 nitrogen and oxygen atoms in total. The molecule has 0 aromatic heterocycles. The van der Waals surface area contributed by atoms with Crippen LogP contribution in [0.2, 0.25) is 0 Å². The Morgan fingerprint density at radius 2 is 1.88 bits per heavy atom. The number of Topliss-reactive ketones (excluding diaryl/α,β-unsaturated/α-hetero) is 1. The molecule has 2 rings (SSSR count). The fourth-order valence-corrected chi connectivity index (χ4v) is 4.54. The summed E-state index contributed by atoms with van der Waals surface area (Å²) in [6, 6.07) is 10.3. The van der Waals surface area contributed by atoms with Crippen molar-refractivity contribution in [3.63, 3.8) is 0 Å². The molecule has 0 saturated heterocycles. The van der Waals surface area contributed by atoms with Gasteiger partial charge in [-0.05, 0) is 57.9 Å². The molecule has 0 spiro atoms. The van der Waals surface area contributed by atoms with Crippen molar-refractivity contribution in [1.29, 1.82) is 0 Å². The average Bonchev–Trinajstić information content (AvgIpc) is 2.72. The van der Waals surface area contributed by atoms with E-state index in [4.69, 9.17) is 0 Å². The molecule has 1 fully saturated rings. The number of carbonyl (C=O) groups is 1. The second-order valence-corrected chi connectivity index (χ2v) is 10.3. The Morgan fingerprint density at radius 3 is 2.52 bits per heavy atom. The molecule has 25 heavy (non-hydrogen) atoms. The molecule has 1 aromatic rings. The van der Waals surface area contributed by atoms with Crippen LogP contribution in [0.25, 0.3) is 0 Å². The highest BCUT2D eigenvalue weighted by Gasteiger charge is 2.36. The first-order chi connectivity index (χ1) is 11.8. The van der Waals surface area contributed by atoms with E-state index in [-0.39, 0.29) is 16.7 Å². The van der Waals surface area contributed by atoms with E-state index >= 15 is 0 Å². The third-order valence-corrected chi connectivity index (χ3v) is 6.78. The van der Waals surface area contributed by atoms with E-state index in [1.54, 1.807) is 0 Å². The normalized spacial score (nSPS) is 24.6. The van der Waals surface area contributed by atoms with E-state index in [2.05, 4.69) is 23.8 Å². The van der Waals surface area contributed by atoms with Crippen LogP contribution in [0.5, 0.6) is 0 Å². The van der Waals surface area contributed by atoms with Crippen LogP contribution in [-0.2, 0) is 22.2 Å². The highest BCUT2D eigenvalue weighted by Crippen LogP contribution is 2.31. The molecule has 0 unspecified atom stereocenters. The van der Waals surface area contributed by atoms with Gasteiger partial charge >= 0.3 is 0 Å². The highest BCUT2D eigenvalue weighted by molar-refractivity contribution is 7.84.